The highest BCUT2D eigenvalue weighted by atomic mass is 35.5. The van der Waals surface area contributed by atoms with Crippen LogP contribution in [0.2, 0.25) is 5.02 Å². The van der Waals surface area contributed by atoms with Crippen LogP contribution in [0.3, 0.4) is 0 Å². The van der Waals surface area contributed by atoms with Gasteiger partial charge in [-0.2, -0.15) is 0 Å². The molecule has 0 aliphatic rings. The molecular formula is C19H22ClN3O3. The van der Waals surface area contributed by atoms with Crippen molar-refractivity contribution in [2.75, 3.05) is 31.6 Å². The van der Waals surface area contributed by atoms with Crippen molar-refractivity contribution in [3.63, 3.8) is 0 Å². The zero-order valence-corrected chi connectivity index (χ0v) is 15.3. The minimum atomic E-state index is -0.660. The Morgan fingerprint density at radius 1 is 1.19 bits per heavy atom. The quantitative estimate of drug-likeness (QED) is 0.659. The normalized spacial score (nSPS) is 10.2. The van der Waals surface area contributed by atoms with Gasteiger partial charge in [0.05, 0.1) is 5.56 Å². The zero-order chi connectivity index (χ0) is 18.9. The summed E-state index contributed by atoms with van der Waals surface area (Å²) in [6.07, 6.45) is 0.796. The molecule has 0 aromatic heterocycles. The molecule has 0 unspecified atom stereocenters. The van der Waals surface area contributed by atoms with Gasteiger partial charge in [0.2, 0.25) is 0 Å². The summed E-state index contributed by atoms with van der Waals surface area (Å²) < 4.78 is 5.38. The maximum atomic E-state index is 11.9. The largest absolute Gasteiger partial charge is 0.483 e. The van der Waals surface area contributed by atoms with Crippen LogP contribution in [-0.2, 0) is 4.79 Å². The van der Waals surface area contributed by atoms with Crippen LogP contribution < -0.4 is 20.7 Å². The second kappa shape index (κ2) is 9.68. The van der Waals surface area contributed by atoms with Crippen LogP contribution in [0, 0.1) is 0 Å². The number of halogens is 1. The van der Waals surface area contributed by atoms with Crippen molar-refractivity contribution < 1.29 is 14.3 Å². The molecular weight excluding hydrogens is 354 g/mol. The van der Waals surface area contributed by atoms with Crippen molar-refractivity contribution >= 4 is 29.1 Å². The number of anilines is 1. The van der Waals surface area contributed by atoms with E-state index >= 15 is 0 Å². The molecule has 0 aliphatic heterocycles. The fraction of sp³-hybridized carbons (Fsp3) is 0.263. The molecule has 0 spiro atoms. The second-order valence-corrected chi connectivity index (χ2v) is 6.19. The maximum Gasteiger partial charge on any atom is 0.257 e. The second-order valence-electron chi connectivity index (χ2n) is 5.75. The van der Waals surface area contributed by atoms with Gasteiger partial charge in [-0.15, -0.1) is 0 Å². The molecule has 3 N–H and O–H groups in total. The third kappa shape index (κ3) is 5.97. The van der Waals surface area contributed by atoms with Crippen LogP contribution in [0.4, 0.5) is 5.69 Å². The van der Waals surface area contributed by atoms with Crippen LogP contribution >= 0.6 is 11.6 Å². The molecule has 0 saturated heterocycles. The summed E-state index contributed by atoms with van der Waals surface area (Å²) in [6.45, 7) is 1.15. The molecule has 0 heterocycles. The fourth-order valence-corrected chi connectivity index (χ4v) is 2.54. The molecule has 0 radical (unpaired) electrons. The van der Waals surface area contributed by atoms with Gasteiger partial charge in [-0.25, -0.2) is 0 Å². The van der Waals surface area contributed by atoms with Crippen LogP contribution in [-0.4, -0.2) is 38.6 Å². The fourth-order valence-electron chi connectivity index (χ4n) is 2.37. The summed E-state index contributed by atoms with van der Waals surface area (Å²) in [5, 5.41) is 3.16. The molecule has 138 valence electrons. The van der Waals surface area contributed by atoms with E-state index in [0.717, 1.165) is 18.7 Å². The topological polar surface area (TPSA) is 84.7 Å². The first kappa shape index (κ1) is 19.6. The van der Waals surface area contributed by atoms with Crippen LogP contribution in [0.15, 0.2) is 48.5 Å². The molecule has 2 aromatic carbocycles. The molecule has 6 nitrogen and oxygen atoms in total. The first-order valence-electron chi connectivity index (χ1n) is 8.22. The van der Waals surface area contributed by atoms with Gasteiger partial charge in [-0.3, -0.25) is 9.59 Å². The lowest BCUT2D eigenvalue weighted by atomic mass is 10.2. The van der Waals surface area contributed by atoms with Crippen LogP contribution in [0.1, 0.15) is 16.8 Å². The number of rotatable bonds is 9. The van der Waals surface area contributed by atoms with Crippen molar-refractivity contribution in [2.24, 2.45) is 5.73 Å². The van der Waals surface area contributed by atoms with E-state index in [4.69, 9.17) is 22.1 Å². The molecule has 0 saturated carbocycles. The summed E-state index contributed by atoms with van der Waals surface area (Å²) in [5.74, 6) is -0.689. The Labute approximate surface area is 157 Å². The standard InChI is InChI=1S/C19H22ClN3O3/c1-23(15-6-3-2-4-7-15)11-5-10-22-18(24)13-26-17-9-8-14(20)12-16(17)19(21)25/h2-4,6-9,12H,5,10-11,13H2,1H3,(H2,21,25)(H,22,24). The summed E-state index contributed by atoms with van der Waals surface area (Å²) in [4.78, 5) is 25.4. The number of nitrogens with two attached hydrogens (primary N) is 1. The van der Waals surface area contributed by atoms with Crippen molar-refractivity contribution in [3.8, 4) is 5.75 Å². The number of benzene rings is 2. The van der Waals surface area contributed by atoms with E-state index in [-0.39, 0.29) is 23.8 Å². The molecule has 0 atom stereocenters. The summed E-state index contributed by atoms with van der Waals surface area (Å²) in [5.41, 5.74) is 6.56. The van der Waals surface area contributed by atoms with E-state index < -0.39 is 5.91 Å². The third-order valence-electron chi connectivity index (χ3n) is 3.76. The number of nitrogens with zero attached hydrogens (tertiary/aromatic N) is 1. The maximum absolute atomic E-state index is 11.9. The number of nitrogens with one attached hydrogen (secondary N) is 1. The van der Waals surface area contributed by atoms with E-state index in [1.54, 1.807) is 6.07 Å². The number of ether oxygens (including phenoxy) is 1. The number of hydrogen-bond acceptors (Lipinski definition) is 4. The van der Waals surface area contributed by atoms with Gasteiger partial charge >= 0.3 is 0 Å². The number of carbonyl (C=O) groups is 2. The number of carbonyl (C=O) groups excluding carboxylic acids is 2. The number of amides is 2. The lowest BCUT2D eigenvalue weighted by Crippen LogP contribution is -2.32. The smallest absolute Gasteiger partial charge is 0.257 e. The molecule has 2 amide bonds. The van der Waals surface area contributed by atoms with Crippen molar-refractivity contribution in [1.82, 2.24) is 5.32 Å². The van der Waals surface area contributed by atoms with Crippen LogP contribution in [0.25, 0.3) is 0 Å². The predicted octanol–water partition coefficient (Wildman–Crippen LogP) is 2.46. The highest BCUT2D eigenvalue weighted by molar-refractivity contribution is 6.31. The Hall–Kier alpha value is -2.73. The molecule has 0 bridgehead atoms. The monoisotopic (exact) mass is 375 g/mol. The lowest BCUT2D eigenvalue weighted by Gasteiger charge is -2.19. The molecule has 2 rings (SSSR count). The van der Waals surface area contributed by atoms with Gasteiger partial charge in [0, 0.05) is 30.8 Å². The Balaban J connectivity index is 1.72. The minimum absolute atomic E-state index is 0.148. The summed E-state index contributed by atoms with van der Waals surface area (Å²) >= 11 is 5.83. The van der Waals surface area contributed by atoms with Crippen LogP contribution in [0.5, 0.6) is 5.75 Å². The van der Waals surface area contributed by atoms with E-state index in [1.165, 1.54) is 12.1 Å². The number of hydrogen-bond donors (Lipinski definition) is 2. The Kier molecular flexibility index (Phi) is 7.29. The van der Waals surface area contributed by atoms with Gasteiger partial charge in [-0.1, -0.05) is 29.8 Å². The van der Waals surface area contributed by atoms with E-state index in [9.17, 15) is 9.59 Å². The van der Waals surface area contributed by atoms with Gasteiger partial charge in [0.1, 0.15) is 5.75 Å². The van der Waals surface area contributed by atoms with Crippen molar-refractivity contribution in [3.05, 3.63) is 59.1 Å². The Morgan fingerprint density at radius 2 is 1.92 bits per heavy atom. The lowest BCUT2D eigenvalue weighted by molar-refractivity contribution is -0.123. The van der Waals surface area contributed by atoms with Gasteiger partial charge in [-0.05, 0) is 36.8 Å². The molecule has 2 aromatic rings. The van der Waals surface area contributed by atoms with E-state index in [2.05, 4.69) is 10.2 Å². The molecule has 0 fully saturated rings. The minimum Gasteiger partial charge on any atom is -0.483 e. The van der Waals surface area contributed by atoms with E-state index in [0.29, 0.717) is 11.6 Å². The summed E-state index contributed by atoms with van der Waals surface area (Å²) in [7, 11) is 2.01. The predicted molar refractivity (Wildman–Crippen MR) is 103 cm³/mol. The SMILES string of the molecule is CN(CCCNC(=O)COc1ccc(Cl)cc1C(N)=O)c1ccccc1. The Bertz CT molecular complexity index is 753. The number of primary amides is 1. The molecule has 0 aliphatic carbocycles. The first-order valence-corrected chi connectivity index (χ1v) is 8.60. The first-order chi connectivity index (χ1) is 12.5. The summed E-state index contributed by atoms with van der Waals surface area (Å²) in [6, 6.07) is 14.5. The zero-order valence-electron chi connectivity index (χ0n) is 14.6. The highest BCUT2D eigenvalue weighted by Crippen LogP contribution is 2.22. The van der Waals surface area contributed by atoms with Crippen molar-refractivity contribution in [2.45, 2.75) is 6.42 Å². The molecule has 7 heteroatoms. The highest BCUT2D eigenvalue weighted by Gasteiger charge is 2.12. The Morgan fingerprint density at radius 3 is 2.62 bits per heavy atom. The third-order valence-corrected chi connectivity index (χ3v) is 3.99. The average molecular weight is 376 g/mol. The molecule has 26 heavy (non-hydrogen) atoms. The van der Waals surface area contributed by atoms with Gasteiger partial charge in [0.15, 0.2) is 6.61 Å². The van der Waals surface area contributed by atoms with E-state index in [1.807, 2.05) is 37.4 Å². The van der Waals surface area contributed by atoms with Crippen molar-refractivity contribution in [1.29, 1.82) is 0 Å². The average Bonchev–Trinajstić information content (AvgIpc) is 2.64. The van der Waals surface area contributed by atoms with Gasteiger partial charge < -0.3 is 20.7 Å². The van der Waals surface area contributed by atoms with Gasteiger partial charge in [0.25, 0.3) is 11.8 Å². The number of para-hydroxylation sites is 1.